The van der Waals surface area contributed by atoms with Crippen LogP contribution in [0.3, 0.4) is 0 Å². The number of nitrogens with one attached hydrogen (secondary N) is 1. The number of para-hydroxylation sites is 1. The van der Waals surface area contributed by atoms with Crippen molar-refractivity contribution in [1.82, 2.24) is 15.3 Å². The summed E-state index contributed by atoms with van der Waals surface area (Å²) in [6.07, 6.45) is 2.21. The Kier molecular flexibility index (Phi) is 6.21. The lowest BCUT2D eigenvalue weighted by atomic mass is 10.00. The Labute approximate surface area is 175 Å². The lowest BCUT2D eigenvalue weighted by Crippen LogP contribution is -2.48. The van der Waals surface area contributed by atoms with Gasteiger partial charge in [0.05, 0.1) is 30.9 Å². The van der Waals surface area contributed by atoms with Crippen LogP contribution >= 0.6 is 0 Å². The average molecular weight is 407 g/mol. The summed E-state index contributed by atoms with van der Waals surface area (Å²) in [5.41, 5.74) is 3.12. The molecule has 0 unspecified atom stereocenters. The minimum Gasteiger partial charge on any atom is -0.478 e. The molecular weight excluding hydrogens is 382 g/mol. The first kappa shape index (κ1) is 20.3. The summed E-state index contributed by atoms with van der Waals surface area (Å²) in [7, 11) is 0. The van der Waals surface area contributed by atoms with Crippen LogP contribution in [0.25, 0.3) is 10.9 Å². The van der Waals surface area contributed by atoms with Gasteiger partial charge in [-0.05, 0) is 49.1 Å². The third-order valence-electron chi connectivity index (χ3n) is 5.16. The Hall–Kier alpha value is -3.03. The zero-order valence-corrected chi connectivity index (χ0v) is 16.9. The highest BCUT2D eigenvalue weighted by Crippen LogP contribution is 2.23. The maximum Gasteiger partial charge on any atom is 0.270 e. The second kappa shape index (κ2) is 9.19. The fourth-order valence-electron chi connectivity index (χ4n) is 3.65. The van der Waals surface area contributed by atoms with E-state index < -0.39 is 6.10 Å². The fourth-order valence-corrected chi connectivity index (χ4v) is 3.65. The van der Waals surface area contributed by atoms with Crippen LogP contribution in [0, 0.1) is 0 Å². The van der Waals surface area contributed by atoms with E-state index in [9.17, 15) is 9.90 Å². The van der Waals surface area contributed by atoms with E-state index in [-0.39, 0.29) is 18.6 Å². The molecule has 1 fully saturated rings. The van der Waals surface area contributed by atoms with Gasteiger partial charge in [0, 0.05) is 24.3 Å². The summed E-state index contributed by atoms with van der Waals surface area (Å²) in [5.74, 6) is 0.289. The smallest absolute Gasteiger partial charge is 0.270 e. The van der Waals surface area contributed by atoms with E-state index in [1.54, 1.807) is 6.20 Å². The van der Waals surface area contributed by atoms with E-state index in [0.717, 1.165) is 22.0 Å². The van der Waals surface area contributed by atoms with Crippen molar-refractivity contribution in [3.05, 3.63) is 65.5 Å². The van der Waals surface area contributed by atoms with Gasteiger partial charge >= 0.3 is 0 Å². The summed E-state index contributed by atoms with van der Waals surface area (Å²) < 4.78 is 10.7. The topological polar surface area (TPSA) is 93.6 Å². The number of carbonyl (C=O) groups is 1. The molecule has 7 nitrogen and oxygen atoms in total. The van der Waals surface area contributed by atoms with Gasteiger partial charge in [-0.1, -0.05) is 18.2 Å². The van der Waals surface area contributed by atoms with Crippen molar-refractivity contribution < 1.29 is 19.4 Å². The molecule has 0 saturated carbocycles. The first-order chi connectivity index (χ1) is 14.6. The molecular formula is C23H25N3O4. The number of rotatable bonds is 6. The standard InChI is InChI=1S/C23H25N3O4/c1-2-30-22-12-15(7-9-24-22)11-16-13-20(25-18-6-4-3-5-17(16)18)23(28)26-19-8-10-29-14-21(19)27/h3-7,9,12-13,19,21,27H,2,8,10-11,14H2,1H3,(H,26,28)/t19-,21-/m0/s1. The molecule has 3 aromatic rings. The Morgan fingerprint density at radius 3 is 3.00 bits per heavy atom. The Balaban J connectivity index is 1.64. The van der Waals surface area contributed by atoms with Crippen molar-refractivity contribution in [2.24, 2.45) is 0 Å². The molecule has 7 heteroatoms. The van der Waals surface area contributed by atoms with Gasteiger partial charge in [-0.2, -0.15) is 0 Å². The summed E-state index contributed by atoms with van der Waals surface area (Å²) in [5, 5.41) is 14.0. The van der Waals surface area contributed by atoms with Crippen LogP contribution < -0.4 is 10.1 Å². The van der Waals surface area contributed by atoms with Crippen LogP contribution in [-0.2, 0) is 11.2 Å². The van der Waals surface area contributed by atoms with Crippen molar-refractivity contribution in [3.63, 3.8) is 0 Å². The molecule has 1 aromatic carbocycles. The quantitative estimate of drug-likeness (QED) is 0.652. The Morgan fingerprint density at radius 2 is 2.17 bits per heavy atom. The van der Waals surface area contributed by atoms with Gasteiger partial charge in [-0.25, -0.2) is 9.97 Å². The fraction of sp³-hybridized carbons (Fsp3) is 0.348. The first-order valence-electron chi connectivity index (χ1n) is 10.2. The molecule has 1 amide bonds. The molecule has 30 heavy (non-hydrogen) atoms. The van der Waals surface area contributed by atoms with Gasteiger partial charge < -0.3 is 19.9 Å². The van der Waals surface area contributed by atoms with Crippen molar-refractivity contribution in [2.45, 2.75) is 31.9 Å². The molecule has 3 heterocycles. The molecule has 2 aromatic heterocycles. The lowest BCUT2D eigenvalue weighted by Gasteiger charge is -2.28. The number of fused-ring (bicyclic) bond motifs is 1. The molecule has 0 aliphatic carbocycles. The largest absolute Gasteiger partial charge is 0.478 e. The molecule has 4 rings (SSSR count). The van der Waals surface area contributed by atoms with Gasteiger partial charge in [-0.3, -0.25) is 4.79 Å². The highest BCUT2D eigenvalue weighted by molar-refractivity contribution is 5.96. The van der Waals surface area contributed by atoms with Crippen molar-refractivity contribution in [3.8, 4) is 5.88 Å². The summed E-state index contributed by atoms with van der Waals surface area (Å²) in [4.78, 5) is 21.7. The minimum atomic E-state index is -0.712. The highest BCUT2D eigenvalue weighted by Gasteiger charge is 2.26. The lowest BCUT2D eigenvalue weighted by molar-refractivity contribution is -0.0261. The number of aliphatic hydroxyl groups excluding tert-OH is 1. The third-order valence-corrected chi connectivity index (χ3v) is 5.16. The molecule has 2 atom stereocenters. The number of amides is 1. The van der Waals surface area contributed by atoms with Crippen LogP contribution in [0.5, 0.6) is 5.88 Å². The van der Waals surface area contributed by atoms with E-state index >= 15 is 0 Å². The van der Waals surface area contributed by atoms with Crippen LogP contribution in [0.15, 0.2) is 48.7 Å². The second-order valence-corrected chi connectivity index (χ2v) is 7.31. The van der Waals surface area contributed by atoms with Gasteiger partial charge in [0.2, 0.25) is 5.88 Å². The summed E-state index contributed by atoms with van der Waals surface area (Å²) in [6, 6.07) is 13.1. The molecule has 1 aliphatic heterocycles. The number of aliphatic hydroxyl groups is 1. The number of benzene rings is 1. The number of hydrogen-bond acceptors (Lipinski definition) is 6. The number of carbonyl (C=O) groups excluding carboxylic acids is 1. The normalized spacial score (nSPS) is 18.9. The van der Waals surface area contributed by atoms with Gasteiger partial charge in [0.25, 0.3) is 5.91 Å². The monoisotopic (exact) mass is 407 g/mol. The predicted molar refractivity (Wildman–Crippen MR) is 113 cm³/mol. The van der Waals surface area contributed by atoms with Gasteiger partial charge in [0.1, 0.15) is 5.69 Å². The second-order valence-electron chi connectivity index (χ2n) is 7.31. The van der Waals surface area contributed by atoms with E-state index in [0.29, 0.717) is 37.6 Å². The summed E-state index contributed by atoms with van der Waals surface area (Å²) in [6.45, 7) is 3.22. The molecule has 1 aliphatic rings. The Morgan fingerprint density at radius 1 is 1.30 bits per heavy atom. The van der Waals surface area contributed by atoms with Crippen molar-refractivity contribution >= 4 is 16.8 Å². The number of pyridine rings is 2. The molecule has 1 saturated heterocycles. The average Bonchev–Trinajstić information content (AvgIpc) is 2.76. The van der Waals surface area contributed by atoms with Crippen LogP contribution in [0.2, 0.25) is 0 Å². The molecule has 0 spiro atoms. The third kappa shape index (κ3) is 4.58. The van der Waals surface area contributed by atoms with Gasteiger partial charge in [-0.15, -0.1) is 0 Å². The highest BCUT2D eigenvalue weighted by atomic mass is 16.5. The van der Waals surface area contributed by atoms with E-state index in [4.69, 9.17) is 9.47 Å². The zero-order valence-electron chi connectivity index (χ0n) is 16.9. The van der Waals surface area contributed by atoms with Crippen molar-refractivity contribution in [1.29, 1.82) is 0 Å². The number of nitrogens with zero attached hydrogens (tertiary/aromatic N) is 2. The van der Waals surface area contributed by atoms with Crippen LogP contribution in [0.1, 0.15) is 35.0 Å². The maximum atomic E-state index is 12.9. The van der Waals surface area contributed by atoms with Crippen LogP contribution in [0.4, 0.5) is 0 Å². The molecule has 156 valence electrons. The molecule has 2 N–H and O–H groups in total. The Bertz CT molecular complexity index is 1040. The summed E-state index contributed by atoms with van der Waals surface area (Å²) >= 11 is 0. The van der Waals surface area contributed by atoms with Crippen LogP contribution in [-0.4, -0.2) is 52.9 Å². The maximum absolute atomic E-state index is 12.9. The van der Waals surface area contributed by atoms with Gasteiger partial charge in [0.15, 0.2) is 0 Å². The molecule has 0 radical (unpaired) electrons. The van der Waals surface area contributed by atoms with E-state index in [2.05, 4.69) is 15.3 Å². The zero-order chi connectivity index (χ0) is 20.9. The van der Waals surface area contributed by atoms with E-state index in [1.807, 2.05) is 49.4 Å². The minimum absolute atomic E-state index is 0.228. The first-order valence-corrected chi connectivity index (χ1v) is 10.2. The molecule has 0 bridgehead atoms. The SMILES string of the molecule is CCOc1cc(Cc2cc(C(=O)N[C@H]3CCOC[C@@H]3O)nc3ccccc23)ccn1. The number of hydrogen-bond donors (Lipinski definition) is 2. The predicted octanol–water partition coefficient (Wildman–Crippen LogP) is 2.50. The number of ether oxygens (including phenoxy) is 2. The number of aromatic nitrogens is 2. The van der Waals surface area contributed by atoms with E-state index in [1.165, 1.54) is 0 Å². The van der Waals surface area contributed by atoms with Crippen molar-refractivity contribution in [2.75, 3.05) is 19.8 Å².